The first-order chi connectivity index (χ1) is 13.6. The molecule has 3 aliphatic rings. The summed E-state index contributed by atoms with van der Waals surface area (Å²) in [6, 6.07) is 6.14. The van der Waals surface area contributed by atoms with E-state index in [4.69, 9.17) is 0 Å². The zero-order valence-electron chi connectivity index (χ0n) is 16.3. The smallest absolute Gasteiger partial charge is 0.255 e. The monoisotopic (exact) mass is 384 g/mol. The quantitative estimate of drug-likeness (QED) is 0.673. The number of carbonyl (C=O) groups excluding carboxylic acids is 3. The van der Waals surface area contributed by atoms with Crippen molar-refractivity contribution in [3.05, 3.63) is 29.3 Å². The molecule has 1 saturated carbocycles. The van der Waals surface area contributed by atoms with E-state index in [1.54, 1.807) is 4.90 Å². The number of likely N-dealkylation sites (N-methyl/N-ethyl adjacent to an activating group) is 1. The zero-order valence-corrected chi connectivity index (χ0v) is 16.3. The molecule has 0 bridgehead atoms. The van der Waals surface area contributed by atoms with E-state index in [1.165, 1.54) is 19.3 Å². The summed E-state index contributed by atoms with van der Waals surface area (Å²) in [5.74, 6) is -0.759. The van der Waals surface area contributed by atoms with Crippen molar-refractivity contribution in [2.75, 3.05) is 11.9 Å². The topological polar surface area (TPSA) is 90.5 Å². The Bertz CT molecular complexity index is 792. The molecule has 1 saturated heterocycles. The molecule has 7 heteroatoms. The van der Waals surface area contributed by atoms with E-state index in [0.29, 0.717) is 30.6 Å². The molecule has 150 valence electrons. The van der Waals surface area contributed by atoms with Crippen LogP contribution in [0, 0.1) is 0 Å². The van der Waals surface area contributed by atoms with Crippen LogP contribution >= 0.6 is 0 Å². The lowest BCUT2D eigenvalue weighted by Gasteiger charge is -2.33. The predicted octanol–water partition coefficient (Wildman–Crippen LogP) is 1.78. The summed E-state index contributed by atoms with van der Waals surface area (Å²) in [7, 11) is 0. The number of rotatable bonds is 5. The lowest BCUT2D eigenvalue weighted by molar-refractivity contribution is -0.136. The molecule has 2 heterocycles. The van der Waals surface area contributed by atoms with Crippen molar-refractivity contribution in [2.24, 2.45) is 0 Å². The summed E-state index contributed by atoms with van der Waals surface area (Å²) < 4.78 is 0. The van der Waals surface area contributed by atoms with Crippen LogP contribution in [0.25, 0.3) is 0 Å². The van der Waals surface area contributed by atoms with Gasteiger partial charge in [0.2, 0.25) is 11.8 Å². The number of piperidine rings is 1. The van der Waals surface area contributed by atoms with Gasteiger partial charge in [0, 0.05) is 36.3 Å². The summed E-state index contributed by atoms with van der Waals surface area (Å²) in [6.45, 7) is 3.51. The maximum Gasteiger partial charge on any atom is 0.255 e. The molecule has 2 aliphatic heterocycles. The van der Waals surface area contributed by atoms with Crippen molar-refractivity contribution in [3.63, 3.8) is 0 Å². The van der Waals surface area contributed by atoms with Gasteiger partial charge in [-0.1, -0.05) is 19.8 Å². The van der Waals surface area contributed by atoms with E-state index in [0.717, 1.165) is 24.2 Å². The summed E-state index contributed by atoms with van der Waals surface area (Å²) in [6.07, 6.45) is 5.47. The third-order valence-electron chi connectivity index (χ3n) is 6.11. The number of amides is 3. The van der Waals surface area contributed by atoms with E-state index >= 15 is 0 Å². The highest BCUT2D eigenvalue weighted by Crippen LogP contribution is 2.30. The van der Waals surface area contributed by atoms with Crippen LogP contribution in [-0.4, -0.2) is 47.3 Å². The van der Waals surface area contributed by atoms with Crippen LogP contribution in [0.3, 0.4) is 0 Å². The molecule has 1 aromatic rings. The molecule has 1 aliphatic carbocycles. The number of anilines is 1. The summed E-state index contributed by atoms with van der Waals surface area (Å²) in [5.41, 5.74) is 2.61. The van der Waals surface area contributed by atoms with Crippen molar-refractivity contribution >= 4 is 23.4 Å². The Morgan fingerprint density at radius 3 is 2.64 bits per heavy atom. The molecule has 28 heavy (non-hydrogen) atoms. The minimum Gasteiger partial charge on any atom is -0.381 e. The van der Waals surface area contributed by atoms with Crippen molar-refractivity contribution in [1.82, 2.24) is 15.5 Å². The first-order valence-corrected chi connectivity index (χ1v) is 10.3. The molecule has 0 radical (unpaired) electrons. The lowest BCUT2D eigenvalue weighted by Crippen LogP contribution is -2.52. The number of imide groups is 1. The van der Waals surface area contributed by atoms with Gasteiger partial charge in [-0.2, -0.15) is 0 Å². The van der Waals surface area contributed by atoms with Crippen LogP contribution < -0.4 is 16.0 Å². The van der Waals surface area contributed by atoms with Gasteiger partial charge in [0.15, 0.2) is 0 Å². The zero-order chi connectivity index (χ0) is 19.7. The third-order valence-corrected chi connectivity index (χ3v) is 6.11. The molecule has 3 N–H and O–H groups in total. The Hall–Kier alpha value is -2.41. The predicted molar refractivity (Wildman–Crippen MR) is 106 cm³/mol. The molecule has 7 nitrogen and oxygen atoms in total. The standard InChI is InChI=1S/C21H28N4O3/c1-2-22-16-5-3-4-6-17(16)23-14-7-8-15-13(11-14)12-25(21(15)28)18-9-10-19(26)24-20(18)27/h7-8,11,16-18,22-23H,2-6,9-10,12H2,1H3,(H,24,26,27)/t16-,17-,18?/m0/s1. The van der Waals surface area contributed by atoms with Gasteiger partial charge in [0.1, 0.15) is 6.04 Å². The molecular formula is C21H28N4O3. The highest BCUT2D eigenvalue weighted by molar-refractivity contribution is 6.05. The van der Waals surface area contributed by atoms with Gasteiger partial charge in [-0.25, -0.2) is 0 Å². The summed E-state index contributed by atoms with van der Waals surface area (Å²) in [5, 5.41) is 9.57. The Kier molecular flexibility index (Phi) is 5.35. The van der Waals surface area contributed by atoms with Gasteiger partial charge < -0.3 is 15.5 Å². The second-order valence-electron chi connectivity index (χ2n) is 7.97. The van der Waals surface area contributed by atoms with Crippen LogP contribution in [0.2, 0.25) is 0 Å². The maximum atomic E-state index is 12.8. The van der Waals surface area contributed by atoms with Crippen molar-refractivity contribution in [2.45, 2.75) is 70.1 Å². The second-order valence-corrected chi connectivity index (χ2v) is 7.97. The highest BCUT2D eigenvalue weighted by Gasteiger charge is 2.39. The van der Waals surface area contributed by atoms with Crippen LogP contribution in [0.15, 0.2) is 18.2 Å². The van der Waals surface area contributed by atoms with Gasteiger partial charge in [0.05, 0.1) is 0 Å². The average Bonchev–Trinajstić information content (AvgIpc) is 2.99. The van der Waals surface area contributed by atoms with Crippen molar-refractivity contribution in [3.8, 4) is 0 Å². The number of nitrogens with one attached hydrogen (secondary N) is 3. The van der Waals surface area contributed by atoms with Crippen LogP contribution in [0.1, 0.15) is 61.4 Å². The van der Waals surface area contributed by atoms with Gasteiger partial charge in [-0.05, 0) is 49.6 Å². The average molecular weight is 384 g/mol. The fourth-order valence-corrected chi connectivity index (χ4v) is 4.69. The molecular weight excluding hydrogens is 356 g/mol. The van der Waals surface area contributed by atoms with E-state index in [2.05, 4.69) is 22.9 Å². The van der Waals surface area contributed by atoms with Gasteiger partial charge in [0.25, 0.3) is 5.91 Å². The van der Waals surface area contributed by atoms with Gasteiger partial charge in [-0.3, -0.25) is 19.7 Å². The van der Waals surface area contributed by atoms with Crippen molar-refractivity contribution in [1.29, 1.82) is 0 Å². The normalized spacial score (nSPS) is 27.5. The molecule has 3 atom stereocenters. The third kappa shape index (κ3) is 3.63. The summed E-state index contributed by atoms with van der Waals surface area (Å²) >= 11 is 0. The van der Waals surface area contributed by atoms with E-state index < -0.39 is 6.04 Å². The van der Waals surface area contributed by atoms with E-state index in [-0.39, 0.29) is 24.1 Å². The largest absolute Gasteiger partial charge is 0.381 e. The number of hydrogen-bond acceptors (Lipinski definition) is 5. The number of fused-ring (bicyclic) bond motifs is 1. The fraction of sp³-hybridized carbons (Fsp3) is 0.571. The Labute approximate surface area is 165 Å². The number of nitrogens with zero attached hydrogens (tertiary/aromatic N) is 1. The maximum absolute atomic E-state index is 12.8. The van der Waals surface area contributed by atoms with Gasteiger partial charge in [-0.15, -0.1) is 0 Å². The number of carbonyl (C=O) groups is 3. The number of benzene rings is 1. The number of hydrogen-bond donors (Lipinski definition) is 3. The van der Waals surface area contributed by atoms with E-state index in [1.807, 2.05) is 18.2 Å². The molecule has 0 spiro atoms. The molecule has 2 fully saturated rings. The highest BCUT2D eigenvalue weighted by atomic mass is 16.2. The van der Waals surface area contributed by atoms with Crippen molar-refractivity contribution < 1.29 is 14.4 Å². The van der Waals surface area contributed by atoms with Crippen LogP contribution in [0.4, 0.5) is 5.69 Å². The van der Waals surface area contributed by atoms with Crippen LogP contribution in [-0.2, 0) is 16.1 Å². The Morgan fingerprint density at radius 1 is 1.11 bits per heavy atom. The van der Waals surface area contributed by atoms with Crippen LogP contribution in [0.5, 0.6) is 0 Å². The first kappa shape index (κ1) is 18.9. The molecule has 0 aromatic heterocycles. The second kappa shape index (κ2) is 7.91. The molecule has 4 rings (SSSR count). The Morgan fingerprint density at radius 2 is 1.89 bits per heavy atom. The van der Waals surface area contributed by atoms with E-state index in [9.17, 15) is 14.4 Å². The SMILES string of the molecule is CCN[C@H]1CCCC[C@@H]1Nc1ccc2c(c1)CN(C1CCC(=O)NC1=O)C2=O. The lowest BCUT2D eigenvalue weighted by atomic mass is 9.90. The van der Waals surface area contributed by atoms with Gasteiger partial charge >= 0.3 is 0 Å². The molecule has 1 unspecified atom stereocenters. The molecule has 1 aromatic carbocycles. The first-order valence-electron chi connectivity index (χ1n) is 10.3. The Balaban J connectivity index is 1.48. The molecule has 3 amide bonds. The minimum absolute atomic E-state index is 0.126. The summed E-state index contributed by atoms with van der Waals surface area (Å²) in [4.78, 5) is 37.9. The fourth-order valence-electron chi connectivity index (χ4n) is 4.69. The minimum atomic E-state index is -0.564.